The maximum Gasteiger partial charge on any atom is 0.404 e. The highest BCUT2D eigenvalue weighted by Crippen LogP contribution is 2.61. The highest BCUT2D eigenvalue weighted by atomic mass is 16.5. The van der Waals surface area contributed by atoms with E-state index in [1.165, 1.54) is 44.9 Å². The third kappa shape index (κ3) is 3.99. The Kier molecular flexibility index (Phi) is 4.85. The molecule has 1 aromatic rings. The van der Waals surface area contributed by atoms with Crippen LogP contribution in [0.15, 0.2) is 24.3 Å². The van der Waals surface area contributed by atoms with Crippen molar-refractivity contribution in [3.63, 3.8) is 0 Å². The van der Waals surface area contributed by atoms with Crippen LogP contribution in [0.2, 0.25) is 0 Å². The minimum absolute atomic E-state index is 0.102. The van der Waals surface area contributed by atoms with Gasteiger partial charge in [-0.2, -0.15) is 0 Å². The summed E-state index contributed by atoms with van der Waals surface area (Å²) in [4.78, 5) is 10.7. The summed E-state index contributed by atoms with van der Waals surface area (Å²) < 4.78 is 6.11. The van der Waals surface area contributed by atoms with Gasteiger partial charge in [0.1, 0.15) is 5.75 Å². The molecule has 4 heteroatoms. The van der Waals surface area contributed by atoms with Gasteiger partial charge in [0.25, 0.3) is 0 Å². The Morgan fingerprint density at radius 1 is 1.23 bits per heavy atom. The van der Waals surface area contributed by atoms with Crippen LogP contribution in [-0.4, -0.2) is 23.8 Å². The van der Waals surface area contributed by atoms with Gasteiger partial charge in [0.05, 0.1) is 6.61 Å². The Bertz CT molecular complexity index is 621. The number of carbonyl (C=O) groups is 1. The first-order chi connectivity index (χ1) is 12.5. The van der Waals surface area contributed by atoms with Crippen LogP contribution in [0, 0.1) is 23.2 Å². The van der Waals surface area contributed by atoms with Crippen molar-refractivity contribution in [2.24, 2.45) is 23.2 Å². The van der Waals surface area contributed by atoms with Gasteiger partial charge in [0.15, 0.2) is 0 Å². The first-order valence-corrected chi connectivity index (χ1v) is 10.2. The highest BCUT2D eigenvalue weighted by Gasteiger charge is 2.50. The molecule has 4 nitrogen and oxygen atoms in total. The second-order valence-electron chi connectivity index (χ2n) is 9.22. The van der Waals surface area contributed by atoms with Crippen molar-refractivity contribution in [1.29, 1.82) is 0 Å². The van der Waals surface area contributed by atoms with Crippen molar-refractivity contribution in [3.05, 3.63) is 29.8 Å². The zero-order valence-corrected chi connectivity index (χ0v) is 15.7. The summed E-state index contributed by atoms with van der Waals surface area (Å²) >= 11 is 0. The Balaban J connectivity index is 1.30. The number of nitrogens with one attached hydrogen (secondary N) is 1. The first kappa shape index (κ1) is 17.7. The molecule has 1 atom stereocenters. The zero-order valence-electron chi connectivity index (χ0n) is 15.7. The lowest BCUT2D eigenvalue weighted by molar-refractivity contribution is -0.0622. The average molecular weight is 357 g/mol. The van der Waals surface area contributed by atoms with Gasteiger partial charge >= 0.3 is 6.09 Å². The quantitative estimate of drug-likeness (QED) is 0.732. The summed E-state index contributed by atoms with van der Waals surface area (Å²) in [6.07, 6.45) is 9.67. The number of carboxylic acid groups (broad SMARTS) is 1. The van der Waals surface area contributed by atoms with E-state index in [0.29, 0.717) is 11.8 Å². The molecule has 0 aromatic heterocycles. The van der Waals surface area contributed by atoms with Gasteiger partial charge < -0.3 is 15.2 Å². The fraction of sp³-hybridized carbons (Fsp3) is 0.682. The maximum absolute atomic E-state index is 10.7. The summed E-state index contributed by atoms with van der Waals surface area (Å²) in [6.45, 7) is 2.69. The van der Waals surface area contributed by atoms with E-state index in [1.807, 2.05) is 25.1 Å². The van der Waals surface area contributed by atoms with E-state index in [1.54, 1.807) is 0 Å². The third-order valence-electron chi connectivity index (χ3n) is 6.88. The minimum atomic E-state index is -0.972. The summed E-state index contributed by atoms with van der Waals surface area (Å²) in [6, 6.07) is 8.00. The summed E-state index contributed by atoms with van der Waals surface area (Å²) in [5.74, 6) is 3.89. The summed E-state index contributed by atoms with van der Waals surface area (Å²) in [7, 11) is 0. The topological polar surface area (TPSA) is 58.6 Å². The van der Waals surface area contributed by atoms with Crippen LogP contribution in [0.4, 0.5) is 4.79 Å². The number of hydrogen-bond donors (Lipinski definition) is 2. The number of ether oxygens (including phenoxy) is 1. The molecule has 0 spiro atoms. The fourth-order valence-electron chi connectivity index (χ4n) is 6.36. The predicted molar refractivity (Wildman–Crippen MR) is 101 cm³/mol. The number of hydrogen-bond acceptors (Lipinski definition) is 2. The molecule has 1 amide bonds. The molecule has 142 valence electrons. The second-order valence-corrected chi connectivity index (χ2v) is 9.22. The molecule has 5 rings (SSSR count). The van der Waals surface area contributed by atoms with Gasteiger partial charge in [-0.1, -0.05) is 12.1 Å². The van der Waals surface area contributed by atoms with Crippen molar-refractivity contribution in [2.75, 3.05) is 6.61 Å². The van der Waals surface area contributed by atoms with E-state index in [9.17, 15) is 4.79 Å². The lowest BCUT2D eigenvalue weighted by atomic mass is 9.49. The van der Waals surface area contributed by atoms with E-state index in [-0.39, 0.29) is 6.04 Å². The molecule has 4 aliphatic rings. The zero-order chi connectivity index (χ0) is 18.1. The van der Waals surface area contributed by atoms with Gasteiger partial charge in [-0.25, -0.2) is 4.79 Å². The molecule has 0 saturated heterocycles. The standard InChI is InChI=1S/C22H31NO3/c1-15(23-21(24)25)7-16-3-2-4-20(11-16)26-6-5-22-12-17-8-18(13-22)10-19(9-17)14-22/h2-4,11,15,17-19,23H,5-10,12-14H2,1H3,(H,24,25). The lowest BCUT2D eigenvalue weighted by Gasteiger charge is -2.57. The highest BCUT2D eigenvalue weighted by molar-refractivity contribution is 5.64. The van der Waals surface area contributed by atoms with E-state index < -0.39 is 6.09 Å². The first-order valence-electron chi connectivity index (χ1n) is 10.2. The molecule has 0 heterocycles. The van der Waals surface area contributed by atoms with Crippen LogP contribution in [0.1, 0.15) is 57.4 Å². The monoisotopic (exact) mass is 357 g/mol. The van der Waals surface area contributed by atoms with Crippen LogP contribution in [-0.2, 0) is 6.42 Å². The number of amides is 1. The molecule has 1 aromatic carbocycles. The van der Waals surface area contributed by atoms with Crippen molar-refractivity contribution in [3.8, 4) is 5.75 Å². The number of rotatable bonds is 7. The SMILES string of the molecule is CC(Cc1cccc(OCCC23CC4CC(CC(C4)C2)C3)c1)NC(=O)O. The molecular formula is C22H31NO3. The Hall–Kier alpha value is -1.71. The molecule has 4 aliphatic carbocycles. The van der Waals surface area contributed by atoms with Crippen molar-refractivity contribution in [2.45, 2.75) is 64.3 Å². The third-order valence-corrected chi connectivity index (χ3v) is 6.88. The van der Waals surface area contributed by atoms with Crippen molar-refractivity contribution >= 4 is 6.09 Å². The average Bonchev–Trinajstić information content (AvgIpc) is 2.52. The van der Waals surface area contributed by atoms with E-state index in [0.717, 1.165) is 35.7 Å². The smallest absolute Gasteiger partial charge is 0.404 e. The predicted octanol–water partition coefficient (Wildman–Crippen LogP) is 4.87. The molecule has 2 N–H and O–H groups in total. The van der Waals surface area contributed by atoms with E-state index in [4.69, 9.17) is 9.84 Å². The fourth-order valence-corrected chi connectivity index (χ4v) is 6.36. The van der Waals surface area contributed by atoms with Crippen LogP contribution in [0.3, 0.4) is 0 Å². The molecule has 4 bridgehead atoms. The molecule has 1 unspecified atom stereocenters. The van der Waals surface area contributed by atoms with Crippen molar-refractivity contribution in [1.82, 2.24) is 5.32 Å². The van der Waals surface area contributed by atoms with Gasteiger partial charge in [0.2, 0.25) is 0 Å². The van der Waals surface area contributed by atoms with E-state index in [2.05, 4.69) is 11.4 Å². The van der Waals surface area contributed by atoms with Crippen LogP contribution >= 0.6 is 0 Å². The Morgan fingerprint density at radius 2 is 1.88 bits per heavy atom. The van der Waals surface area contributed by atoms with E-state index >= 15 is 0 Å². The van der Waals surface area contributed by atoms with Gasteiger partial charge in [-0.3, -0.25) is 0 Å². The lowest BCUT2D eigenvalue weighted by Crippen LogP contribution is -2.46. The molecular weight excluding hydrogens is 326 g/mol. The van der Waals surface area contributed by atoms with Crippen LogP contribution in [0.25, 0.3) is 0 Å². The van der Waals surface area contributed by atoms with Gasteiger partial charge in [-0.05, 0) is 99.2 Å². The molecule has 0 radical (unpaired) electrons. The number of benzene rings is 1. The normalized spacial score (nSPS) is 33.0. The second kappa shape index (κ2) is 7.13. The molecule has 4 fully saturated rings. The van der Waals surface area contributed by atoms with Crippen LogP contribution in [0.5, 0.6) is 5.75 Å². The minimum Gasteiger partial charge on any atom is -0.494 e. The Morgan fingerprint density at radius 3 is 2.50 bits per heavy atom. The summed E-state index contributed by atoms with van der Waals surface area (Å²) in [5.41, 5.74) is 1.67. The molecule has 0 aliphatic heterocycles. The Labute approximate surface area is 156 Å². The molecule has 4 saturated carbocycles. The van der Waals surface area contributed by atoms with Crippen molar-refractivity contribution < 1.29 is 14.6 Å². The summed E-state index contributed by atoms with van der Waals surface area (Å²) in [5, 5.41) is 11.3. The van der Waals surface area contributed by atoms with Gasteiger partial charge in [0, 0.05) is 6.04 Å². The largest absolute Gasteiger partial charge is 0.494 e. The maximum atomic E-state index is 10.7. The van der Waals surface area contributed by atoms with Crippen LogP contribution < -0.4 is 10.1 Å². The molecule has 26 heavy (non-hydrogen) atoms. The van der Waals surface area contributed by atoms with Gasteiger partial charge in [-0.15, -0.1) is 0 Å².